The molecule has 104 valence electrons. The molecule has 2 N–H and O–H groups in total. The van der Waals surface area contributed by atoms with E-state index in [-0.39, 0.29) is 12.8 Å². The van der Waals surface area contributed by atoms with Gasteiger partial charge in [0.25, 0.3) is 10.1 Å². The lowest BCUT2D eigenvalue weighted by Gasteiger charge is -2.26. The van der Waals surface area contributed by atoms with Crippen molar-refractivity contribution >= 4 is 22.1 Å². The highest BCUT2D eigenvalue weighted by Crippen LogP contribution is 2.30. The number of hydrogen-bond acceptors (Lipinski definition) is 5. The van der Waals surface area contributed by atoms with E-state index in [1.165, 1.54) is 0 Å². The molecular weight excluding hydrogens is 264 g/mol. The van der Waals surface area contributed by atoms with Gasteiger partial charge in [-0.2, -0.15) is 8.42 Å². The molecule has 0 aromatic heterocycles. The number of aliphatic carboxylic acids is 2. The van der Waals surface area contributed by atoms with Gasteiger partial charge in [-0.15, -0.1) is 6.58 Å². The number of rotatable bonds is 9. The topological polar surface area (TPSA) is 118 Å². The molecule has 0 aromatic rings. The van der Waals surface area contributed by atoms with Crippen molar-refractivity contribution in [2.75, 3.05) is 6.61 Å². The first kappa shape index (κ1) is 16.6. The van der Waals surface area contributed by atoms with Crippen molar-refractivity contribution in [3.05, 3.63) is 12.7 Å². The van der Waals surface area contributed by atoms with E-state index in [1.807, 2.05) is 0 Å². The van der Waals surface area contributed by atoms with Crippen LogP contribution >= 0.6 is 0 Å². The first-order valence-electron chi connectivity index (χ1n) is 5.18. The number of carbonyl (C=O) groups is 2. The van der Waals surface area contributed by atoms with E-state index in [2.05, 4.69) is 10.8 Å². The molecule has 0 aromatic carbocycles. The van der Waals surface area contributed by atoms with Crippen LogP contribution in [0.5, 0.6) is 0 Å². The maximum Gasteiger partial charge on any atom is 0.328 e. The molecule has 7 nitrogen and oxygen atoms in total. The Morgan fingerprint density at radius 2 is 1.94 bits per heavy atom. The zero-order valence-electron chi connectivity index (χ0n) is 9.96. The molecule has 0 aliphatic heterocycles. The van der Waals surface area contributed by atoms with Crippen LogP contribution < -0.4 is 0 Å². The molecule has 0 bridgehead atoms. The summed E-state index contributed by atoms with van der Waals surface area (Å²) in [5.74, 6) is -3.24. The molecular formula is C10H16O7S. The lowest BCUT2D eigenvalue weighted by Crippen LogP contribution is -2.49. The monoisotopic (exact) mass is 280 g/mol. The van der Waals surface area contributed by atoms with Crippen molar-refractivity contribution in [3.8, 4) is 0 Å². The van der Waals surface area contributed by atoms with Gasteiger partial charge in [0.1, 0.15) is 0 Å². The van der Waals surface area contributed by atoms with Gasteiger partial charge in [-0.25, -0.2) is 0 Å². The van der Waals surface area contributed by atoms with E-state index in [0.29, 0.717) is 0 Å². The summed E-state index contributed by atoms with van der Waals surface area (Å²) in [6.45, 7) is 4.40. The lowest BCUT2D eigenvalue weighted by molar-refractivity contribution is -0.147. The van der Waals surface area contributed by atoms with Crippen molar-refractivity contribution in [3.63, 3.8) is 0 Å². The van der Waals surface area contributed by atoms with E-state index in [0.717, 1.165) is 6.08 Å². The van der Waals surface area contributed by atoms with Crippen LogP contribution in [0, 0.1) is 0 Å². The van der Waals surface area contributed by atoms with E-state index in [9.17, 15) is 18.0 Å². The van der Waals surface area contributed by atoms with Gasteiger partial charge in [0, 0.05) is 0 Å². The van der Waals surface area contributed by atoms with Gasteiger partial charge in [-0.05, 0) is 6.42 Å². The molecule has 0 saturated heterocycles. The van der Waals surface area contributed by atoms with Crippen LogP contribution in [-0.4, -0.2) is 41.9 Å². The Kier molecular flexibility index (Phi) is 5.99. The van der Waals surface area contributed by atoms with Crippen LogP contribution in [0.25, 0.3) is 0 Å². The van der Waals surface area contributed by atoms with E-state index < -0.39 is 39.8 Å². The maximum absolute atomic E-state index is 11.9. The second-order valence-corrected chi connectivity index (χ2v) is 5.57. The lowest BCUT2D eigenvalue weighted by atomic mass is 9.99. The molecule has 8 heteroatoms. The van der Waals surface area contributed by atoms with Gasteiger partial charge in [-0.1, -0.05) is 19.4 Å². The van der Waals surface area contributed by atoms with Crippen molar-refractivity contribution in [2.45, 2.75) is 30.9 Å². The summed E-state index contributed by atoms with van der Waals surface area (Å²) in [7, 11) is -4.55. The predicted molar refractivity (Wildman–Crippen MR) is 62.6 cm³/mol. The molecule has 18 heavy (non-hydrogen) atoms. The van der Waals surface area contributed by atoms with Gasteiger partial charge in [-0.3, -0.25) is 13.8 Å². The zero-order valence-corrected chi connectivity index (χ0v) is 10.8. The van der Waals surface area contributed by atoms with Gasteiger partial charge in [0.2, 0.25) is 4.75 Å². The fourth-order valence-electron chi connectivity index (χ4n) is 1.49. The smallest absolute Gasteiger partial charge is 0.328 e. The third-order valence-electron chi connectivity index (χ3n) is 2.30. The molecule has 0 spiro atoms. The third-order valence-corrected chi connectivity index (χ3v) is 4.23. The summed E-state index contributed by atoms with van der Waals surface area (Å²) in [5.41, 5.74) is 0. The zero-order chi connectivity index (χ0) is 14.4. The predicted octanol–water partition coefficient (Wildman–Crippen LogP) is 0.617. The molecule has 1 atom stereocenters. The van der Waals surface area contributed by atoms with Gasteiger partial charge in [0.05, 0.1) is 13.0 Å². The molecule has 0 heterocycles. The Labute approximate surface area is 105 Å². The fraction of sp³-hybridized carbons (Fsp3) is 0.600. The van der Waals surface area contributed by atoms with Gasteiger partial charge in [0.15, 0.2) is 0 Å². The van der Waals surface area contributed by atoms with Crippen LogP contribution in [-0.2, 0) is 23.9 Å². The van der Waals surface area contributed by atoms with Crippen LogP contribution in [0.2, 0.25) is 0 Å². The van der Waals surface area contributed by atoms with E-state index >= 15 is 0 Å². The molecule has 0 amide bonds. The Bertz CT molecular complexity index is 426. The molecule has 0 aliphatic carbocycles. The van der Waals surface area contributed by atoms with Crippen LogP contribution in [0.3, 0.4) is 0 Å². The molecule has 0 radical (unpaired) electrons. The summed E-state index contributed by atoms with van der Waals surface area (Å²) >= 11 is 0. The first-order chi connectivity index (χ1) is 8.23. The van der Waals surface area contributed by atoms with Crippen molar-refractivity contribution < 1.29 is 32.4 Å². The van der Waals surface area contributed by atoms with Crippen LogP contribution in [0.4, 0.5) is 0 Å². The van der Waals surface area contributed by atoms with Gasteiger partial charge < -0.3 is 10.2 Å². The summed E-state index contributed by atoms with van der Waals surface area (Å²) in [5, 5.41) is 17.8. The Morgan fingerprint density at radius 3 is 2.28 bits per heavy atom. The van der Waals surface area contributed by atoms with Crippen molar-refractivity contribution in [1.82, 2.24) is 0 Å². The summed E-state index contributed by atoms with van der Waals surface area (Å²) in [6.07, 6.45) is -0.0586. The standard InChI is InChI=1S/C10H16O7S/c1-3-5-10(9(13)14,7-8(11)12)18(15,16)17-6-4-2/h4H,2-3,5-7H2,1H3,(H,11,12)(H,13,14). The van der Waals surface area contributed by atoms with E-state index in [4.69, 9.17) is 10.2 Å². The quantitative estimate of drug-likeness (QED) is 0.469. The second kappa shape index (κ2) is 6.50. The molecule has 1 unspecified atom stereocenters. The fourth-order valence-corrected chi connectivity index (χ4v) is 2.96. The SMILES string of the molecule is C=CCOS(=O)(=O)C(CCC)(CC(=O)O)C(=O)O. The molecule has 0 fully saturated rings. The van der Waals surface area contributed by atoms with Crippen LogP contribution in [0.15, 0.2) is 12.7 Å². The maximum atomic E-state index is 11.9. The minimum atomic E-state index is -4.55. The normalized spacial score (nSPS) is 14.7. The summed E-state index contributed by atoms with van der Waals surface area (Å²) in [4.78, 5) is 21.9. The highest BCUT2D eigenvalue weighted by molar-refractivity contribution is 7.89. The van der Waals surface area contributed by atoms with Gasteiger partial charge >= 0.3 is 11.9 Å². The summed E-state index contributed by atoms with van der Waals surface area (Å²) in [6, 6.07) is 0. The minimum Gasteiger partial charge on any atom is -0.481 e. The Balaban J connectivity index is 5.60. The first-order valence-corrected chi connectivity index (χ1v) is 6.59. The highest BCUT2D eigenvalue weighted by atomic mass is 32.2. The Morgan fingerprint density at radius 1 is 1.39 bits per heavy atom. The average molecular weight is 280 g/mol. The number of hydrogen-bond donors (Lipinski definition) is 2. The largest absolute Gasteiger partial charge is 0.481 e. The number of carboxylic acid groups (broad SMARTS) is 2. The molecule has 0 rings (SSSR count). The molecule has 0 saturated carbocycles. The Hall–Kier alpha value is -1.41. The number of carboxylic acids is 2. The summed E-state index contributed by atoms with van der Waals surface area (Å²) < 4.78 is 25.7. The van der Waals surface area contributed by atoms with Crippen LogP contribution in [0.1, 0.15) is 26.2 Å². The van der Waals surface area contributed by atoms with E-state index in [1.54, 1.807) is 6.92 Å². The minimum absolute atomic E-state index is 0.191. The van der Waals surface area contributed by atoms with Crippen molar-refractivity contribution in [1.29, 1.82) is 0 Å². The third kappa shape index (κ3) is 3.54. The molecule has 0 aliphatic rings. The average Bonchev–Trinajstić information content (AvgIpc) is 2.24. The highest BCUT2D eigenvalue weighted by Gasteiger charge is 2.53. The van der Waals surface area contributed by atoms with Crippen molar-refractivity contribution in [2.24, 2.45) is 0 Å². The second-order valence-electron chi connectivity index (χ2n) is 3.65.